The van der Waals surface area contributed by atoms with Crippen molar-refractivity contribution in [1.29, 1.82) is 0 Å². The number of aromatic nitrogens is 1. The van der Waals surface area contributed by atoms with E-state index in [0.717, 1.165) is 16.9 Å². The van der Waals surface area contributed by atoms with E-state index >= 15 is 0 Å². The van der Waals surface area contributed by atoms with Crippen LogP contribution in [0.25, 0.3) is 0 Å². The second-order valence-electron chi connectivity index (χ2n) is 8.93. The maximum atomic E-state index is 12.8. The summed E-state index contributed by atoms with van der Waals surface area (Å²) in [5.74, 6) is 0.625. The normalized spacial score (nSPS) is 25.7. The first-order valence-electron chi connectivity index (χ1n) is 11.7. The maximum absolute atomic E-state index is 12.8. The molecule has 1 aromatic carbocycles. The SMILES string of the molecule is O=C(Cc1ccncc1)Nc1ccc2c(c1)[C@@H]1C[C@H](CC(=O)N3CCOCC3)O[C@H](CO)[C@@H]1O2. The molecule has 0 unspecified atom stereocenters. The molecule has 2 saturated heterocycles. The summed E-state index contributed by atoms with van der Waals surface area (Å²) in [7, 11) is 0. The van der Waals surface area contributed by atoms with E-state index in [4.69, 9.17) is 14.2 Å². The fraction of sp³-hybridized carbons (Fsp3) is 0.480. The van der Waals surface area contributed by atoms with Crippen LogP contribution in [0, 0.1) is 0 Å². The van der Waals surface area contributed by atoms with E-state index in [0.29, 0.717) is 38.4 Å². The van der Waals surface area contributed by atoms with E-state index in [1.807, 2.05) is 35.2 Å². The number of aliphatic hydroxyl groups is 1. The lowest BCUT2D eigenvalue weighted by atomic mass is 9.84. The van der Waals surface area contributed by atoms with Crippen LogP contribution in [-0.2, 0) is 25.5 Å². The summed E-state index contributed by atoms with van der Waals surface area (Å²) in [5, 5.41) is 12.9. The third-order valence-corrected chi connectivity index (χ3v) is 6.66. The number of amides is 2. The summed E-state index contributed by atoms with van der Waals surface area (Å²) in [6, 6.07) is 9.23. The molecular weight excluding hydrogens is 438 g/mol. The minimum Gasteiger partial charge on any atom is -0.487 e. The van der Waals surface area contributed by atoms with Gasteiger partial charge in [0.2, 0.25) is 11.8 Å². The van der Waals surface area contributed by atoms with Gasteiger partial charge in [0.1, 0.15) is 18.0 Å². The standard InChI is InChI=1S/C25H29N3O6/c29-15-22-25-20(13-18(33-22)14-24(31)28-7-9-32-10-8-28)19-12-17(1-2-21(19)34-25)27-23(30)11-16-3-5-26-6-4-16/h1-6,12,18,20,22,25,29H,7-11,13-15H2,(H,27,30)/t18-,20+,22-,25-/m1/s1. The van der Waals surface area contributed by atoms with E-state index in [-0.39, 0.29) is 49.4 Å². The number of aliphatic hydroxyl groups excluding tert-OH is 1. The monoisotopic (exact) mass is 467 g/mol. The van der Waals surface area contributed by atoms with Gasteiger partial charge in [-0.15, -0.1) is 0 Å². The number of hydrogen-bond acceptors (Lipinski definition) is 7. The summed E-state index contributed by atoms with van der Waals surface area (Å²) in [5.41, 5.74) is 2.55. The molecule has 0 saturated carbocycles. The molecule has 0 spiro atoms. The first-order chi connectivity index (χ1) is 16.6. The van der Waals surface area contributed by atoms with Gasteiger partial charge in [-0.25, -0.2) is 0 Å². The number of carbonyl (C=O) groups is 2. The van der Waals surface area contributed by atoms with Crippen LogP contribution in [0.1, 0.15) is 29.9 Å². The zero-order valence-electron chi connectivity index (χ0n) is 18.9. The molecule has 2 amide bonds. The molecule has 0 aliphatic carbocycles. The minimum absolute atomic E-state index is 0.0274. The molecule has 4 heterocycles. The lowest BCUT2D eigenvalue weighted by molar-refractivity contribution is -0.151. The number of morpholine rings is 1. The highest BCUT2D eigenvalue weighted by Crippen LogP contribution is 2.47. The van der Waals surface area contributed by atoms with Crippen LogP contribution in [-0.4, -0.2) is 78.0 Å². The zero-order chi connectivity index (χ0) is 23.5. The van der Waals surface area contributed by atoms with Crippen LogP contribution < -0.4 is 10.1 Å². The number of carbonyl (C=O) groups excluding carboxylic acids is 2. The Hall–Kier alpha value is -3.01. The van der Waals surface area contributed by atoms with E-state index in [1.54, 1.807) is 12.4 Å². The smallest absolute Gasteiger partial charge is 0.228 e. The quantitative estimate of drug-likeness (QED) is 0.663. The van der Waals surface area contributed by atoms with Crippen molar-refractivity contribution >= 4 is 17.5 Å². The van der Waals surface area contributed by atoms with Gasteiger partial charge in [0, 0.05) is 42.7 Å². The van der Waals surface area contributed by atoms with Gasteiger partial charge in [0.25, 0.3) is 0 Å². The van der Waals surface area contributed by atoms with Crippen molar-refractivity contribution in [2.75, 3.05) is 38.2 Å². The molecule has 9 heteroatoms. The number of anilines is 1. The van der Waals surface area contributed by atoms with Crippen molar-refractivity contribution in [2.24, 2.45) is 0 Å². The van der Waals surface area contributed by atoms with Gasteiger partial charge < -0.3 is 29.5 Å². The lowest BCUT2D eigenvalue weighted by Gasteiger charge is -2.38. The van der Waals surface area contributed by atoms with Crippen LogP contribution in [0.15, 0.2) is 42.7 Å². The van der Waals surface area contributed by atoms with Gasteiger partial charge in [0.05, 0.1) is 38.8 Å². The number of rotatable bonds is 6. The molecule has 180 valence electrons. The number of fused-ring (bicyclic) bond motifs is 3. The van der Waals surface area contributed by atoms with E-state index in [9.17, 15) is 14.7 Å². The number of nitrogens with zero attached hydrogens (tertiary/aromatic N) is 2. The number of ether oxygens (including phenoxy) is 3. The van der Waals surface area contributed by atoms with Crippen molar-refractivity contribution in [1.82, 2.24) is 9.88 Å². The van der Waals surface area contributed by atoms with E-state index in [2.05, 4.69) is 10.3 Å². The molecule has 34 heavy (non-hydrogen) atoms. The van der Waals surface area contributed by atoms with Crippen LogP contribution in [0.2, 0.25) is 0 Å². The number of benzene rings is 1. The van der Waals surface area contributed by atoms with Crippen LogP contribution >= 0.6 is 0 Å². The van der Waals surface area contributed by atoms with Crippen molar-refractivity contribution in [3.63, 3.8) is 0 Å². The Morgan fingerprint density at radius 1 is 1.15 bits per heavy atom. The molecular formula is C25H29N3O6. The molecule has 9 nitrogen and oxygen atoms in total. The third-order valence-electron chi connectivity index (χ3n) is 6.66. The summed E-state index contributed by atoms with van der Waals surface area (Å²) >= 11 is 0. The van der Waals surface area contributed by atoms with Crippen molar-refractivity contribution in [2.45, 2.75) is 43.5 Å². The summed E-state index contributed by atoms with van der Waals surface area (Å²) in [6.45, 7) is 2.11. The topological polar surface area (TPSA) is 110 Å². The van der Waals surface area contributed by atoms with Crippen molar-refractivity contribution in [3.8, 4) is 5.75 Å². The Morgan fingerprint density at radius 3 is 2.71 bits per heavy atom. The molecule has 1 aromatic heterocycles. The predicted molar refractivity (Wildman–Crippen MR) is 123 cm³/mol. The van der Waals surface area contributed by atoms with Crippen LogP contribution in [0.4, 0.5) is 5.69 Å². The lowest BCUT2D eigenvalue weighted by Crippen LogP contribution is -2.48. The molecule has 2 fully saturated rings. The summed E-state index contributed by atoms with van der Waals surface area (Å²) in [6.07, 6.45) is 3.31. The average Bonchev–Trinajstić information content (AvgIpc) is 3.22. The van der Waals surface area contributed by atoms with Gasteiger partial charge in [-0.3, -0.25) is 14.6 Å². The summed E-state index contributed by atoms with van der Waals surface area (Å²) < 4.78 is 17.5. The molecule has 0 bridgehead atoms. The van der Waals surface area contributed by atoms with E-state index < -0.39 is 6.10 Å². The summed E-state index contributed by atoms with van der Waals surface area (Å²) in [4.78, 5) is 31.1. The highest BCUT2D eigenvalue weighted by molar-refractivity contribution is 5.92. The first-order valence-corrected chi connectivity index (χ1v) is 11.7. The molecule has 2 aromatic rings. The Labute approximate surface area is 198 Å². The molecule has 5 rings (SSSR count). The van der Waals surface area contributed by atoms with Crippen molar-refractivity contribution in [3.05, 3.63) is 53.9 Å². The molecule has 0 radical (unpaired) electrons. The Morgan fingerprint density at radius 2 is 1.94 bits per heavy atom. The first kappa shape index (κ1) is 22.8. The second kappa shape index (κ2) is 10.1. The largest absolute Gasteiger partial charge is 0.487 e. The van der Waals surface area contributed by atoms with Crippen molar-refractivity contribution < 1.29 is 28.9 Å². The molecule has 2 N–H and O–H groups in total. The fourth-order valence-electron chi connectivity index (χ4n) is 4.99. The van der Waals surface area contributed by atoms with E-state index in [1.165, 1.54) is 0 Å². The molecule has 3 aliphatic heterocycles. The highest BCUT2D eigenvalue weighted by atomic mass is 16.6. The van der Waals surface area contributed by atoms with Gasteiger partial charge >= 0.3 is 0 Å². The number of nitrogens with one attached hydrogen (secondary N) is 1. The zero-order valence-corrected chi connectivity index (χ0v) is 18.9. The third kappa shape index (κ3) is 4.91. The molecule has 3 aliphatic rings. The average molecular weight is 468 g/mol. The number of pyridine rings is 1. The predicted octanol–water partition coefficient (Wildman–Crippen LogP) is 1.51. The molecule has 4 atom stereocenters. The second-order valence-corrected chi connectivity index (χ2v) is 8.93. The maximum Gasteiger partial charge on any atom is 0.228 e. The van der Waals surface area contributed by atoms with Gasteiger partial charge in [-0.1, -0.05) is 0 Å². The Bertz CT molecular complexity index is 1030. The van der Waals surface area contributed by atoms with Gasteiger partial charge in [0.15, 0.2) is 0 Å². The number of hydrogen-bond donors (Lipinski definition) is 2. The fourth-order valence-corrected chi connectivity index (χ4v) is 4.99. The Balaban J connectivity index is 1.28. The Kier molecular flexibility index (Phi) is 6.75. The van der Waals surface area contributed by atoms with Gasteiger partial charge in [-0.05, 0) is 42.3 Å². The minimum atomic E-state index is -0.515. The van der Waals surface area contributed by atoms with Gasteiger partial charge in [-0.2, -0.15) is 0 Å². The van der Waals surface area contributed by atoms with Crippen LogP contribution in [0.3, 0.4) is 0 Å². The highest BCUT2D eigenvalue weighted by Gasteiger charge is 2.46. The van der Waals surface area contributed by atoms with Crippen LogP contribution in [0.5, 0.6) is 5.75 Å².